The summed E-state index contributed by atoms with van der Waals surface area (Å²) in [5, 5.41) is 9.41. The van der Waals surface area contributed by atoms with E-state index in [1.165, 1.54) is 0 Å². The number of carboxylic acids is 1. The monoisotopic (exact) mass is 358 g/mol. The number of aliphatic carboxylic acids is 1. The third-order valence-electron chi connectivity index (χ3n) is 5.08. The van der Waals surface area contributed by atoms with Crippen molar-refractivity contribution in [3.63, 3.8) is 0 Å². The molecular formula is C18H34O5Si. The van der Waals surface area contributed by atoms with Crippen LogP contribution >= 0.6 is 0 Å². The van der Waals surface area contributed by atoms with Gasteiger partial charge in [0.1, 0.15) is 5.60 Å². The molecule has 0 amide bonds. The van der Waals surface area contributed by atoms with Gasteiger partial charge in [-0.25, -0.2) is 0 Å². The van der Waals surface area contributed by atoms with Gasteiger partial charge >= 0.3 is 11.9 Å². The maximum atomic E-state index is 12.2. The summed E-state index contributed by atoms with van der Waals surface area (Å²) >= 11 is 0. The number of carbonyl (C=O) groups is 2. The molecule has 0 aromatic rings. The first-order valence-electron chi connectivity index (χ1n) is 8.75. The average Bonchev–Trinajstić information content (AvgIpc) is 2.67. The number of esters is 1. The van der Waals surface area contributed by atoms with Gasteiger partial charge in [-0.3, -0.25) is 9.59 Å². The van der Waals surface area contributed by atoms with Gasteiger partial charge in [0.05, 0.1) is 12.3 Å². The first-order valence-corrected chi connectivity index (χ1v) is 11.7. The lowest BCUT2D eigenvalue weighted by Crippen LogP contribution is -2.45. The van der Waals surface area contributed by atoms with Crippen molar-refractivity contribution in [2.75, 3.05) is 0 Å². The lowest BCUT2D eigenvalue weighted by molar-refractivity contribution is -0.156. The standard InChI is InChI=1S/C18H34O5Si/c1-17(2,3)22-15(19)11-12-9-13(16(20)21)10-14(12)23-24(7,8)18(4,5)6/h12-14H,9-11H2,1-8H3,(H,20,21)/t12-,13-,14-/m0/s1. The van der Waals surface area contributed by atoms with E-state index < -0.39 is 25.8 Å². The smallest absolute Gasteiger partial charge is 0.306 e. The highest BCUT2D eigenvalue weighted by atomic mass is 28.4. The second-order valence-electron chi connectivity index (χ2n) is 9.47. The quantitative estimate of drug-likeness (QED) is 0.588. The Hall–Kier alpha value is -0.883. The number of carboxylic acid groups (broad SMARTS) is 1. The fourth-order valence-electron chi connectivity index (χ4n) is 2.80. The Morgan fingerprint density at radius 2 is 1.62 bits per heavy atom. The Balaban J connectivity index is 2.86. The second kappa shape index (κ2) is 7.16. The number of rotatable bonds is 5. The normalized spacial score (nSPS) is 25.6. The van der Waals surface area contributed by atoms with Crippen LogP contribution in [-0.2, 0) is 18.8 Å². The summed E-state index contributed by atoms with van der Waals surface area (Å²) in [7, 11) is -2.02. The largest absolute Gasteiger partial charge is 0.481 e. The predicted octanol–water partition coefficient (Wildman–Crippen LogP) is 4.22. The van der Waals surface area contributed by atoms with Crippen LogP contribution < -0.4 is 0 Å². The van der Waals surface area contributed by atoms with Crippen LogP contribution in [0.5, 0.6) is 0 Å². The molecule has 1 fully saturated rings. The minimum Gasteiger partial charge on any atom is -0.481 e. The van der Waals surface area contributed by atoms with Crippen molar-refractivity contribution in [1.82, 2.24) is 0 Å². The minimum atomic E-state index is -2.02. The molecule has 0 unspecified atom stereocenters. The van der Waals surface area contributed by atoms with Gasteiger partial charge in [-0.1, -0.05) is 20.8 Å². The van der Waals surface area contributed by atoms with Gasteiger partial charge in [0.25, 0.3) is 0 Å². The lowest BCUT2D eigenvalue weighted by Gasteiger charge is -2.39. The Morgan fingerprint density at radius 3 is 2.04 bits per heavy atom. The molecule has 1 rings (SSSR count). The van der Waals surface area contributed by atoms with Gasteiger partial charge in [0, 0.05) is 6.10 Å². The van der Waals surface area contributed by atoms with Gasteiger partial charge in [-0.15, -0.1) is 0 Å². The third-order valence-corrected chi connectivity index (χ3v) is 9.58. The van der Waals surface area contributed by atoms with E-state index in [-0.39, 0.29) is 29.5 Å². The number of hydrogen-bond donors (Lipinski definition) is 1. The summed E-state index contributed by atoms with van der Waals surface area (Å²) in [6.45, 7) is 16.3. The summed E-state index contributed by atoms with van der Waals surface area (Å²) in [6, 6.07) is 0. The van der Waals surface area contributed by atoms with Crippen LogP contribution in [0.25, 0.3) is 0 Å². The van der Waals surface area contributed by atoms with Crippen LogP contribution in [0.1, 0.15) is 60.8 Å². The van der Waals surface area contributed by atoms with Crippen LogP contribution in [0.3, 0.4) is 0 Å². The Morgan fingerprint density at radius 1 is 1.08 bits per heavy atom. The number of ether oxygens (including phenoxy) is 1. The lowest BCUT2D eigenvalue weighted by atomic mass is 10.0. The van der Waals surface area contributed by atoms with Crippen molar-refractivity contribution in [1.29, 1.82) is 0 Å². The second-order valence-corrected chi connectivity index (χ2v) is 14.2. The summed E-state index contributed by atoms with van der Waals surface area (Å²) in [5.74, 6) is -1.60. The molecule has 1 aliphatic carbocycles. The van der Waals surface area contributed by atoms with E-state index in [1.807, 2.05) is 20.8 Å². The molecule has 1 aliphatic rings. The highest BCUT2D eigenvalue weighted by Gasteiger charge is 2.46. The predicted molar refractivity (Wildman–Crippen MR) is 96.4 cm³/mol. The van der Waals surface area contributed by atoms with Crippen molar-refractivity contribution in [3.8, 4) is 0 Å². The molecular weight excluding hydrogens is 324 g/mol. The molecule has 3 atom stereocenters. The van der Waals surface area contributed by atoms with E-state index in [2.05, 4.69) is 33.9 Å². The summed E-state index contributed by atoms with van der Waals surface area (Å²) in [5.41, 5.74) is -0.530. The third kappa shape index (κ3) is 5.88. The average molecular weight is 359 g/mol. The Labute approximate surface area is 147 Å². The topological polar surface area (TPSA) is 72.8 Å². The SMILES string of the molecule is CC(C)(C)OC(=O)C[C@@H]1C[C@H](C(=O)O)C[C@@H]1O[Si](C)(C)C(C)(C)C. The Bertz CT molecular complexity index is 473. The van der Waals surface area contributed by atoms with Crippen molar-refractivity contribution in [2.24, 2.45) is 11.8 Å². The molecule has 1 N–H and O–H groups in total. The maximum Gasteiger partial charge on any atom is 0.306 e. The summed E-state index contributed by atoms with van der Waals surface area (Å²) < 4.78 is 11.9. The zero-order valence-corrected chi connectivity index (χ0v) is 17.4. The van der Waals surface area contributed by atoms with Crippen molar-refractivity contribution < 1.29 is 23.9 Å². The van der Waals surface area contributed by atoms with Crippen LogP contribution in [0.2, 0.25) is 18.1 Å². The van der Waals surface area contributed by atoms with E-state index in [1.54, 1.807) is 0 Å². The van der Waals surface area contributed by atoms with Gasteiger partial charge in [0.2, 0.25) is 0 Å². The van der Waals surface area contributed by atoms with Gasteiger partial charge in [0.15, 0.2) is 8.32 Å². The van der Waals surface area contributed by atoms with Crippen molar-refractivity contribution in [3.05, 3.63) is 0 Å². The molecule has 0 aromatic carbocycles. The molecule has 1 saturated carbocycles. The first-order chi connectivity index (χ1) is 10.6. The molecule has 140 valence electrons. The molecule has 0 bridgehead atoms. The number of hydrogen-bond acceptors (Lipinski definition) is 4. The molecule has 24 heavy (non-hydrogen) atoms. The summed E-state index contributed by atoms with van der Waals surface area (Å²) in [6.07, 6.45) is 1.00. The molecule has 6 heteroatoms. The molecule has 0 heterocycles. The molecule has 0 spiro atoms. The van der Waals surface area contributed by atoms with Crippen LogP contribution in [0.15, 0.2) is 0 Å². The molecule has 0 radical (unpaired) electrons. The highest BCUT2D eigenvalue weighted by molar-refractivity contribution is 6.74. The van der Waals surface area contributed by atoms with E-state index >= 15 is 0 Å². The molecule has 0 aromatic heterocycles. The van der Waals surface area contributed by atoms with Gasteiger partial charge in [-0.2, -0.15) is 0 Å². The van der Waals surface area contributed by atoms with E-state index in [0.717, 1.165) is 0 Å². The number of carbonyl (C=O) groups excluding carboxylic acids is 1. The van der Waals surface area contributed by atoms with Crippen LogP contribution in [0, 0.1) is 11.8 Å². The van der Waals surface area contributed by atoms with E-state index in [0.29, 0.717) is 12.8 Å². The zero-order chi connectivity index (χ0) is 18.9. The maximum absolute atomic E-state index is 12.2. The zero-order valence-electron chi connectivity index (χ0n) is 16.4. The molecule has 0 aliphatic heterocycles. The van der Waals surface area contributed by atoms with Gasteiger partial charge < -0.3 is 14.3 Å². The van der Waals surface area contributed by atoms with Crippen molar-refractivity contribution in [2.45, 2.75) is 90.6 Å². The summed E-state index contributed by atoms with van der Waals surface area (Å²) in [4.78, 5) is 23.6. The fourth-order valence-corrected chi connectivity index (χ4v) is 4.20. The molecule has 0 saturated heterocycles. The fraction of sp³-hybridized carbons (Fsp3) is 0.889. The first kappa shape index (κ1) is 21.2. The van der Waals surface area contributed by atoms with E-state index in [4.69, 9.17) is 9.16 Å². The Kier molecular flexibility index (Phi) is 6.31. The highest BCUT2D eigenvalue weighted by Crippen LogP contribution is 2.43. The van der Waals surface area contributed by atoms with Gasteiger partial charge in [-0.05, 0) is 57.7 Å². The van der Waals surface area contributed by atoms with Crippen LogP contribution in [0.4, 0.5) is 0 Å². The van der Waals surface area contributed by atoms with Crippen molar-refractivity contribution >= 4 is 20.3 Å². The molecule has 5 nitrogen and oxygen atoms in total. The van der Waals surface area contributed by atoms with Crippen LogP contribution in [-0.4, -0.2) is 37.1 Å². The van der Waals surface area contributed by atoms with E-state index in [9.17, 15) is 14.7 Å². The minimum absolute atomic E-state index is 0.0464.